The van der Waals surface area contributed by atoms with Gasteiger partial charge in [-0.1, -0.05) is 0 Å². The summed E-state index contributed by atoms with van der Waals surface area (Å²) >= 11 is 0. The van der Waals surface area contributed by atoms with Crippen molar-refractivity contribution in [2.75, 3.05) is 53.5 Å². The number of hydrogen-bond donors (Lipinski definition) is 3. The summed E-state index contributed by atoms with van der Waals surface area (Å²) in [6.07, 6.45) is 1.02. The van der Waals surface area contributed by atoms with Gasteiger partial charge < -0.3 is 26.0 Å². The fraction of sp³-hybridized carbons (Fsp3) is 0.867. The first-order valence-corrected chi connectivity index (χ1v) is 7.83. The van der Waals surface area contributed by atoms with Crippen LogP contribution in [0.1, 0.15) is 27.2 Å². The van der Waals surface area contributed by atoms with E-state index in [-0.39, 0.29) is 5.91 Å². The van der Waals surface area contributed by atoms with E-state index in [1.54, 1.807) is 21.0 Å². The van der Waals surface area contributed by atoms with Crippen LogP contribution >= 0.6 is 0 Å². The fourth-order valence-electron chi connectivity index (χ4n) is 1.65. The first kappa shape index (κ1) is 20.7. The van der Waals surface area contributed by atoms with Gasteiger partial charge in [0.25, 0.3) is 0 Å². The van der Waals surface area contributed by atoms with Crippen molar-refractivity contribution in [2.24, 2.45) is 16.1 Å². The smallest absolute Gasteiger partial charge is 0.224 e. The van der Waals surface area contributed by atoms with Crippen LogP contribution in [0.2, 0.25) is 0 Å². The number of nitrogens with one attached hydrogen (secondary N) is 2. The second-order valence-corrected chi connectivity index (χ2v) is 6.02. The van der Waals surface area contributed by atoms with Crippen LogP contribution in [0.3, 0.4) is 0 Å². The molecule has 4 N–H and O–H groups in total. The lowest BCUT2D eigenvalue weighted by Crippen LogP contribution is -2.42. The van der Waals surface area contributed by atoms with Gasteiger partial charge in [0.05, 0.1) is 12.0 Å². The van der Waals surface area contributed by atoms with Crippen LogP contribution in [-0.2, 0) is 9.53 Å². The molecule has 0 aliphatic rings. The van der Waals surface area contributed by atoms with Crippen molar-refractivity contribution in [3.05, 3.63) is 0 Å². The Balaban J connectivity index is 4.21. The minimum Gasteiger partial charge on any atom is -0.385 e. The van der Waals surface area contributed by atoms with E-state index in [0.29, 0.717) is 12.5 Å². The summed E-state index contributed by atoms with van der Waals surface area (Å²) in [4.78, 5) is 18.0. The number of likely N-dealkylation sites (N-methyl/N-ethyl adjacent to an activating group) is 1. The third-order valence-electron chi connectivity index (χ3n) is 3.32. The van der Waals surface area contributed by atoms with Crippen LogP contribution in [0.15, 0.2) is 4.99 Å². The average molecular weight is 315 g/mol. The number of nitrogens with zero attached hydrogens (tertiary/aromatic N) is 2. The number of nitrogens with two attached hydrogens (primary N) is 1. The maximum atomic E-state index is 11.3. The summed E-state index contributed by atoms with van der Waals surface area (Å²) in [5.74, 6) is 0.368. The SMILES string of the molecule is CCNC(=NCC(C)(C)C(N)=O)NCCN(C)CCCOC. The molecule has 0 atom stereocenters. The fourth-order valence-corrected chi connectivity index (χ4v) is 1.65. The van der Waals surface area contributed by atoms with Crippen molar-refractivity contribution in [3.63, 3.8) is 0 Å². The molecule has 0 radical (unpaired) electrons. The van der Waals surface area contributed by atoms with Crippen molar-refractivity contribution in [1.29, 1.82) is 0 Å². The van der Waals surface area contributed by atoms with Crippen molar-refractivity contribution >= 4 is 11.9 Å². The highest BCUT2D eigenvalue weighted by Gasteiger charge is 2.24. The van der Waals surface area contributed by atoms with Crippen LogP contribution in [-0.4, -0.2) is 70.3 Å². The van der Waals surface area contributed by atoms with Gasteiger partial charge in [-0.3, -0.25) is 9.79 Å². The van der Waals surface area contributed by atoms with E-state index < -0.39 is 5.41 Å². The molecule has 0 fully saturated rings. The molecular weight excluding hydrogens is 282 g/mol. The number of guanidine groups is 1. The van der Waals surface area contributed by atoms with Gasteiger partial charge in [-0.05, 0) is 34.2 Å². The number of carbonyl (C=O) groups is 1. The molecule has 0 aliphatic carbocycles. The first-order chi connectivity index (χ1) is 10.3. The Morgan fingerprint density at radius 2 is 2.00 bits per heavy atom. The van der Waals surface area contributed by atoms with Crippen molar-refractivity contribution in [3.8, 4) is 0 Å². The van der Waals surface area contributed by atoms with Gasteiger partial charge in [0.2, 0.25) is 5.91 Å². The standard InChI is InChI=1S/C15H33N5O2/c1-6-17-14(19-12-15(2,3)13(16)21)18-8-10-20(4)9-7-11-22-5/h6-12H2,1-5H3,(H2,16,21)(H2,17,18,19). The summed E-state index contributed by atoms with van der Waals surface area (Å²) in [5.41, 5.74) is 4.72. The predicted octanol–water partition coefficient (Wildman–Crippen LogP) is 0.0213. The van der Waals surface area contributed by atoms with Gasteiger partial charge in [-0.25, -0.2) is 0 Å². The van der Waals surface area contributed by atoms with Gasteiger partial charge >= 0.3 is 0 Å². The maximum Gasteiger partial charge on any atom is 0.224 e. The van der Waals surface area contributed by atoms with E-state index in [9.17, 15) is 4.79 Å². The highest BCUT2D eigenvalue weighted by atomic mass is 16.5. The zero-order valence-corrected chi connectivity index (χ0v) is 14.7. The van der Waals surface area contributed by atoms with Crippen LogP contribution in [0.4, 0.5) is 0 Å². The maximum absolute atomic E-state index is 11.3. The number of rotatable bonds is 11. The molecule has 7 nitrogen and oxygen atoms in total. The number of amides is 1. The third kappa shape index (κ3) is 9.57. The zero-order valence-electron chi connectivity index (χ0n) is 14.7. The summed E-state index contributed by atoms with van der Waals surface area (Å²) in [6.45, 7) is 10.2. The zero-order chi connectivity index (χ0) is 17.0. The Labute approximate surface area is 134 Å². The molecule has 0 saturated carbocycles. The van der Waals surface area contributed by atoms with Gasteiger partial charge in [-0.15, -0.1) is 0 Å². The molecule has 0 aromatic carbocycles. The van der Waals surface area contributed by atoms with Crippen LogP contribution in [0.5, 0.6) is 0 Å². The summed E-state index contributed by atoms with van der Waals surface area (Å²) in [7, 11) is 3.80. The highest BCUT2D eigenvalue weighted by molar-refractivity contribution is 5.82. The van der Waals surface area contributed by atoms with Crippen LogP contribution in [0, 0.1) is 5.41 Å². The summed E-state index contributed by atoms with van der Waals surface area (Å²) in [5, 5.41) is 6.44. The minimum atomic E-state index is -0.640. The quantitative estimate of drug-likeness (QED) is 0.284. The second kappa shape index (κ2) is 11.3. The lowest BCUT2D eigenvalue weighted by Gasteiger charge is -2.20. The number of primary amides is 1. The van der Waals surface area contributed by atoms with Gasteiger partial charge in [0, 0.05) is 39.9 Å². The Hall–Kier alpha value is -1.34. The molecule has 0 heterocycles. The molecular formula is C15H33N5O2. The number of aliphatic imine (C=N–C) groups is 1. The molecule has 1 amide bonds. The van der Waals surface area contributed by atoms with Crippen molar-refractivity contribution in [2.45, 2.75) is 27.2 Å². The Morgan fingerprint density at radius 3 is 2.55 bits per heavy atom. The lowest BCUT2D eigenvalue weighted by atomic mass is 9.93. The third-order valence-corrected chi connectivity index (χ3v) is 3.32. The summed E-state index contributed by atoms with van der Waals surface area (Å²) < 4.78 is 5.04. The predicted molar refractivity (Wildman–Crippen MR) is 90.9 cm³/mol. The van der Waals surface area contributed by atoms with Crippen LogP contribution < -0.4 is 16.4 Å². The first-order valence-electron chi connectivity index (χ1n) is 7.83. The van der Waals surface area contributed by atoms with E-state index in [1.165, 1.54) is 0 Å². The van der Waals surface area contributed by atoms with E-state index in [1.807, 2.05) is 6.92 Å². The summed E-state index contributed by atoms with van der Waals surface area (Å²) in [6, 6.07) is 0. The molecule has 0 aromatic rings. The normalized spacial score (nSPS) is 12.5. The van der Waals surface area contributed by atoms with Crippen LogP contribution in [0.25, 0.3) is 0 Å². The monoisotopic (exact) mass is 315 g/mol. The van der Waals surface area contributed by atoms with Crippen molar-refractivity contribution < 1.29 is 9.53 Å². The molecule has 0 spiro atoms. The van der Waals surface area contributed by atoms with Gasteiger partial charge in [0.15, 0.2) is 5.96 Å². The van der Waals surface area contributed by atoms with E-state index in [0.717, 1.165) is 39.2 Å². The molecule has 7 heteroatoms. The molecule has 130 valence electrons. The Kier molecular flexibility index (Phi) is 10.6. The molecule has 0 unspecified atom stereocenters. The molecule has 0 aromatic heterocycles. The lowest BCUT2D eigenvalue weighted by molar-refractivity contribution is -0.125. The number of carbonyl (C=O) groups excluding carboxylic acids is 1. The Bertz CT molecular complexity index is 345. The Morgan fingerprint density at radius 1 is 1.32 bits per heavy atom. The molecule has 0 rings (SSSR count). The van der Waals surface area contributed by atoms with E-state index >= 15 is 0 Å². The minimum absolute atomic E-state index is 0.343. The molecule has 0 saturated heterocycles. The van der Waals surface area contributed by atoms with E-state index in [2.05, 4.69) is 27.6 Å². The molecule has 0 bridgehead atoms. The molecule has 0 aliphatic heterocycles. The number of hydrogen-bond acceptors (Lipinski definition) is 4. The highest BCUT2D eigenvalue weighted by Crippen LogP contribution is 2.13. The van der Waals surface area contributed by atoms with Gasteiger partial charge in [-0.2, -0.15) is 0 Å². The number of ether oxygens (including phenoxy) is 1. The van der Waals surface area contributed by atoms with E-state index in [4.69, 9.17) is 10.5 Å². The average Bonchev–Trinajstić information content (AvgIpc) is 2.45. The van der Waals surface area contributed by atoms with Gasteiger partial charge in [0.1, 0.15) is 0 Å². The largest absolute Gasteiger partial charge is 0.385 e. The topological polar surface area (TPSA) is 92.0 Å². The number of methoxy groups -OCH3 is 1. The molecule has 22 heavy (non-hydrogen) atoms. The second-order valence-electron chi connectivity index (χ2n) is 6.02. The van der Waals surface area contributed by atoms with Crippen molar-refractivity contribution in [1.82, 2.24) is 15.5 Å².